The monoisotopic (exact) mass is 380 g/mol. The molecule has 1 aliphatic heterocycles. The van der Waals surface area contributed by atoms with E-state index in [2.05, 4.69) is 21.8 Å². The molecule has 1 N–H and O–H groups in total. The van der Waals surface area contributed by atoms with Crippen LogP contribution in [-0.2, 0) is 23.0 Å². The second-order valence-corrected chi connectivity index (χ2v) is 8.21. The maximum atomic E-state index is 13.8. The van der Waals surface area contributed by atoms with Crippen LogP contribution < -0.4 is 4.72 Å². The highest BCUT2D eigenvalue weighted by Gasteiger charge is 2.25. The van der Waals surface area contributed by atoms with Gasteiger partial charge in [-0.1, -0.05) is 31.2 Å². The fourth-order valence-corrected chi connectivity index (χ4v) is 4.47. The van der Waals surface area contributed by atoms with Crippen LogP contribution in [0.15, 0.2) is 47.4 Å². The zero-order valence-electron chi connectivity index (χ0n) is 14.6. The summed E-state index contributed by atoms with van der Waals surface area (Å²) in [6.45, 7) is 3.79. The average Bonchev–Trinajstić information content (AvgIpc) is 2.61. The molecule has 140 valence electrons. The Hall–Kier alpha value is -1.83. The highest BCUT2D eigenvalue weighted by molar-refractivity contribution is 7.89. The second kappa shape index (κ2) is 7.82. The molecule has 0 amide bonds. The van der Waals surface area contributed by atoms with E-state index in [-0.39, 0.29) is 12.6 Å². The van der Waals surface area contributed by atoms with Crippen LogP contribution in [0.3, 0.4) is 0 Å². The van der Waals surface area contributed by atoms with Crippen LogP contribution in [0.1, 0.15) is 24.5 Å². The van der Waals surface area contributed by atoms with Crippen molar-refractivity contribution in [3.8, 4) is 0 Å². The molecule has 3 rings (SSSR count). The van der Waals surface area contributed by atoms with E-state index >= 15 is 0 Å². The van der Waals surface area contributed by atoms with Gasteiger partial charge in [0.15, 0.2) is 0 Å². The summed E-state index contributed by atoms with van der Waals surface area (Å²) in [5.74, 6) is -1.89. The SMILES string of the molecule is CCC(CNS(=O)(=O)c1ccc(F)cc1F)N1CCc2ccccc2C1. The van der Waals surface area contributed by atoms with Gasteiger partial charge in [-0.15, -0.1) is 0 Å². The molecular weight excluding hydrogens is 358 g/mol. The predicted octanol–water partition coefficient (Wildman–Crippen LogP) is 3.08. The van der Waals surface area contributed by atoms with Gasteiger partial charge >= 0.3 is 0 Å². The summed E-state index contributed by atoms with van der Waals surface area (Å²) in [5.41, 5.74) is 2.58. The zero-order valence-corrected chi connectivity index (χ0v) is 15.4. The Bertz CT molecular complexity index is 887. The van der Waals surface area contributed by atoms with E-state index < -0.39 is 26.6 Å². The minimum absolute atomic E-state index is 0.00152. The summed E-state index contributed by atoms with van der Waals surface area (Å²) in [5, 5.41) is 0. The number of nitrogens with zero attached hydrogens (tertiary/aromatic N) is 1. The van der Waals surface area contributed by atoms with Gasteiger partial charge in [-0.05, 0) is 36.1 Å². The average molecular weight is 380 g/mol. The Balaban J connectivity index is 1.69. The first-order valence-electron chi connectivity index (χ1n) is 8.66. The third-order valence-corrected chi connectivity index (χ3v) is 6.30. The van der Waals surface area contributed by atoms with Gasteiger partial charge in [0, 0.05) is 31.7 Å². The van der Waals surface area contributed by atoms with Gasteiger partial charge in [0.25, 0.3) is 0 Å². The van der Waals surface area contributed by atoms with Crippen molar-refractivity contribution in [2.24, 2.45) is 0 Å². The molecule has 1 atom stereocenters. The maximum Gasteiger partial charge on any atom is 0.243 e. The number of rotatable bonds is 6. The fraction of sp³-hybridized carbons (Fsp3) is 0.368. The molecule has 7 heteroatoms. The van der Waals surface area contributed by atoms with Crippen molar-refractivity contribution in [1.29, 1.82) is 0 Å². The summed E-state index contributed by atoms with van der Waals surface area (Å²) in [6.07, 6.45) is 1.68. The van der Waals surface area contributed by atoms with E-state index in [1.165, 1.54) is 11.1 Å². The predicted molar refractivity (Wildman–Crippen MR) is 96.2 cm³/mol. The normalized spacial score (nSPS) is 16.3. The lowest BCUT2D eigenvalue weighted by molar-refractivity contribution is 0.175. The highest BCUT2D eigenvalue weighted by Crippen LogP contribution is 2.22. The maximum absolute atomic E-state index is 13.8. The first-order chi connectivity index (χ1) is 12.4. The van der Waals surface area contributed by atoms with Crippen LogP contribution in [0.5, 0.6) is 0 Å². The van der Waals surface area contributed by atoms with Crippen molar-refractivity contribution < 1.29 is 17.2 Å². The van der Waals surface area contributed by atoms with E-state index in [1.807, 2.05) is 19.1 Å². The summed E-state index contributed by atoms with van der Waals surface area (Å²) in [4.78, 5) is 1.71. The lowest BCUT2D eigenvalue weighted by Crippen LogP contribution is -2.45. The summed E-state index contributed by atoms with van der Waals surface area (Å²) >= 11 is 0. The molecule has 0 bridgehead atoms. The fourth-order valence-electron chi connectivity index (χ4n) is 3.34. The molecule has 0 saturated heterocycles. The summed E-state index contributed by atoms with van der Waals surface area (Å²) < 4.78 is 54.0. The second-order valence-electron chi connectivity index (χ2n) is 6.48. The van der Waals surface area contributed by atoms with E-state index in [0.29, 0.717) is 6.07 Å². The van der Waals surface area contributed by atoms with Crippen LogP contribution in [0, 0.1) is 11.6 Å². The molecule has 26 heavy (non-hydrogen) atoms. The van der Waals surface area contributed by atoms with Crippen LogP contribution in [0.4, 0.5) is 8.78 Å². The van der Waals surface area contributed by atoms with E-state index in [4.69, 9.17) is 0 Å². The molecule has 0 aromatic heterocycles. The van der Waals surface area contributed by atoms with Gasteiger partial charge < -0.3 is 0 Å². The molecule has 0 aliphatic carbocycles. The summed E-state index contributed by atoms with van der Waals surface area (Å²) in [6, 6.07) is 10.7. The molecule has 0 spiro atoms. The lowest BCUT2D eigenvalue weighted by Gasteiger charge is -2.35. The van der Waals surface area contributed by atoms with E-state index in [1.54, 1.807) is 0 Å². The van der Waals surface area contributed by atoms with Crippen LogP contribution in [0.25, 0.3) is 0 Å². The minimum Gasteiger partial charge on any atom is -0.295 e. The van der Waals surface area contributed by atoms with Crippen LogP contribution in [-0.4, -0.2) is 32.4 Å². The standard InChI is InChI=1S/C19H22F2N2O2S/c1-2-17(23-10-9-14-5-3-4-6-15(14)13-23)12-22-26(24,25)19-8-7-16(20)11-18(19)21/h3-8,11,17,22H,2,9-10,12-13H2,1H3. The van der Waals surface area contributed by atoms with Gasteiger partial charge in [0.2, 0.25) is 10.0 Å². The number of hydrogen-bond donors (Lipinski definition) is 1. The first-order valence-corrected chi connectivity index (χ1v) is 10.1. The highest BCUT2D eigenvalue weighted by atomic mass is 32.2. The molecule has 0 radical (unpaired) electrons. The van der Waals surface area contributed by atoms with E-state index in [0.717, 1.165) is 38.1 Å². The van der Waals surface area contributed by atoms with Crippen molar-refractivity contribution in [2.75, 3.05) is 13.1 Å². The third kappa shape index (κ3) is 4.11. The molecule has 4 nitrogen and oxygen atoms in total. The van der Waals surface area contributed by atoms with Crippen molar-refractivity contribution in [3.05, 3.63) is 65.2 Å². The number of fused-ring (bicyclic) bond motifs is 1. The Labute approximate surface area is 152 Å². The number of halogens is 2. The molecular formula is C19H22F2N2O2S. The molecule has 0 fully saturated rings. The van der Waals surface area contributed by atoms with Gasteiger partial charge in [-0.3, -0.25) is 4.90 Å². The Morgan fingerprint density at radius 1 is 1.15 bits per heavy atom. The number of benzene rings is 2. The molecule has 1 unspecified atom stereocenters. The quantitative estimate of drug-likeness (QED) is 0.838. The van der Waals surface area contributed by atoms with Gasteiger partial charge in [-0.2, -0.15) is 0 Å². The van der Waals surface area contributed by atoms with Crippen LogP contribution in [0.2, 0.25) is 0 Å². The molecule has 2 aromatic rings. The number of nitrogens with one attached hydrogen (secondary N) is 1. The Kier molecular flexibility index (Phi) is 5.70. The van der Waals surface area contributed by atoms with Crippen LogP contribution >= 0.6 is 0 Å². The topological polar surface area (TPSA) is 49.4 Å². The van der Waals surface area contributed by atoms with Gasteiger partial charge in [0.1, 0.15) is 16.5 Å². The lowest BCUT2D eigenvalue weighted by atomic mass is 9.98. The van der Waals surface area contributed by atoms with Crippen molar-refractivity contribution >= 4 is 10.0 Å². The largest absolute Gasteiger partial charge is 0.295 e. The Morgan fingerprint density at radius 2 is 1.88 bits per heavy atom. The summed E-state index contributed by atoms with van der Waals surface area (Å²) in [7, 11) is -4.03. The van der Waals surface area contributed by atoms with Crippen molar-refractivity contribution in [2.45, 2.75) is 37.2 Å². The first kappa shape index (κ1) is 18.9. The smallest absolute Gasteiger partial charge is 0.243 e. The minimum atomic E-state index is -4.03. The van der Waals surface area contributed by atoms with Crippen molar-refractivity contribution in [3.63, 3.8) is 0 Å². The zero-order chi connectivity index (χ0) is 18.7. The van der Waals surface area contributed by atoms with Gasteiger partial charge in [0.05, 0.1) is 0 Å². The van der Waals surface area contributed by atoms with Crippen molar-refractivity contribution in [1.82, 2.24) is 9.62 Å². The van der Waals surface area contributed by atoms with Gasteiger partial charge in [-0.25, -0.2) is 21.9 Å². The molecule has 1 heterocycles. The third-order valence-electron chi connectivity index (χ3n) is 4.84. The molecule has 1 aliphatic rings. The number of sulfonamides is 1. The Morgan fingerprint density at radius 3 is 2.58 bits per heavy atom. The number of hydrogen-bond acceptors (Lipinski definition) is 3. The van der Waals surface area contributed by atoms with E-state index in [9.17, 15) is 17.2 Å². The molecule has 0 saturated carbocycles. The molecule has 2 aromatic carbocycles.